The van der Waals surface area contributed by atoms with Crippen LogP contribution >= 0.6 is 0 Å². The van der Waals surface area contributed by atoms with Crippen molar-refractivity contribution < 1.29 is 31.9 Å². The number of amides is 2. The van der Waals surface area contributed by atoms with E-state index in [2.05, 4.69) is 0 Å². The SMILES string of the molecule is O=C(C[C@H](c1ccc(F)cc1)C(F)(F)F)N1C(=O)OC[C@H]1Cc1ccccc1. The molecular weight excluding hydrogens is 378 g/mol. The molecule has 0 aromatic heterocycles. The van der Waals surface area contributed by atoms with Gasteiger partial charge in [-0.15, -0.1) is 0 Å². The molecule has 8 heteroatoms. The lowest BCUT2D eigenvalue weighted by atomic mass is 9.94. The number of nitrogens with zero attached hydrogens (tertiary/aromatic N) is 1. The quantitative estimate of drug-likeness (QED) is 0.703. The van der Waals surface area contributed by atoms with Crippen LogP contribution in [0, 0.1) is 5.82 Å². The maximum atomic E-state index is 13.5. The van der Waals surface area contributed by atoms with Crippen molar-refractivity contribution >= 4 is 12.0 Å². The summed E-state index contributed by atoms with van der Waals surface area (Å²) >= 11 is 0. The first-order valence-corrected chi connectivity index (χ1v) is 8.60. The van der Waals surface area contributed by atoms with Crippen LogP contribution in [0.4, 0.5) is 22.4 Å². The number of benzene rings is 2. The largest absolute Gasteiger partial charge is 0.447 e. The highest BCUT2D eigenvalue weighted by Crippen LogP contribution is 2.38. The molecule has 4 nitrogen and oxygen atoms in total. The summed E-state index contributed by atoms with van der Waals surface area (Å²) in [5.74, 6) is -3.80. The summed E-state index contributed by atoms with van der Waals surface area (Å²) in [6, 6.07) is 12.1. The smallest absolute Gasteiger partial charge is 0.416 e. The molecule has 0 spiro atoms. The fraction of sp³-hybridized carbons (Fsp3) is 0.300. The van der Waals surface area contributed by atoms with E-state index in [9.17, 15) is 27.2 Å². The van der Waals surface area contributed by atoms with Crippen molar-refractivity contribution in [2.45, 2.75) is 31.0 Å². The molecule has 1 aliphatic rings. The summed E-state index contributed by atoms with van der Waals surface area (Å²) in [5, 5.41) is 0. The van der Waals surface area contributed by atoms with Gasteiger partial charge in [0.15, 0.2) is 0 Å². The van der Waals surface area contributed by atoms with Crippen LogP contribution in [-0.2, 0) is 16.0 Å². The highest BCUT2D eigenvalue weighted by Gasteiger charge is 2.45. The number of cyclic esters (lactones) is 1. The topological polar surface area (TPSA) is 46.6 Å². The second-order valence-corrected chi connectivity index (χ2v) is 6.53. The Morgan fingerprint density at radius 2 is 1.75 bits per heavy atom. The number of carbonyl (C=O) groups excluding carboxylic acids is 2. The summed E-state index contributed by atoms with van der Waals surface area (Å²) in [4.78, 5) is 25.3. The number of rotatable bonds is 5. The van der Waals surface area contributed by atoms with Gasteiger partial charge in [-0.1, -0.05) is 42.5 Å². The highest BCUT2D eigenvalue weighted by molar-refractivity contribution is 5.94. The molecule has 148 valence electrons. The van der Waals surface area contributed by atoms with E-state index < -0.39 is 42.4 Å². The van der Waals surface area contributed by atoms with Gasteiger partial charge in [-0.05, 0) is 29.7 Å². The van der Waals surface area contributed by atoms with Crippen LogP contribution in [0.25, 0.3) is 0 Å². The van der Waals surface area contributed by atoms with Crippen molar-refractivity contribution in [3.63, 3.8) is 0 Å². The molecule has 2 amide bonds. The van der Waals surface area contributed by atoms with Gasteiger partial charge < -0.3 is 4.74 Å². The van der Waals surface area contributed by atoms with Gasteiger partial charge in [0.25, 0.3) is 0 Å². The van der Waals surface area contributed by atoms with Gasteiger partial charge in [0.1, 0.15) is 12.4 Å². The third-order valence-corrected chi connectivity index (χ3v) is 4.59. The summed E-state index contributed by atoms with van der Waals surface area (Å²) in [5.41, 5.74) is 0.587. The molecule has 1 heterocycles. The van der Waals surface area contributed by atoms with Crippen LogP contribution in [-0.4, -0.2) is 35.7 Å². The molecule has 2 aromatic rings. The monoisotopic (exact) mass is 395 g/mol. The Kier molecular flexibility index (Phi) is 5.67. The number of hydrogen-bond donors (Lipinski definition) is 0. The predicted molar refractivity (Wildman–Crippen MR) is 91.9 cm³/mol. The Labute approximate surface area is 158 Å². The van der Waals surface area contributed by atoms with Gasteiger partial charge in [-0.3, -0.25) is 4.79 Å². The van der Waals surface area contributed by atoms with E-state index >= 15 is 0 Å². The molecule has 3 rings (SSSR count). The third kappa shape index (κ3) is 4.49. The van der Waals surface area contributed by atoms with Gasteiger partial charge in [-0.2, -0.15) is 13.2 Å². The van der Waals surface area contributed by atoms with Crippen LogP contribution in [0.2, 0.25) is 0 Å². The minimum Gasteiger partial charge on any atom is -0.447 e. The third-order valence-electron chi connectivity index (χ3n) is 4.59. The van der Waals surface area contributed by atoms with E-state index in [1.165, 1.54) is 0 Å². The molecule has 0 unspecified atom stereocenters. The minimum absolute atomic E-state index is 0.0767. The molecule has 2 aromatic carbocycles. The second-order valence-electron chi connectivity index (χ2n) is 6.53. The average molecular weight is 395 g/mol. The predicted octanol–water partition coefficient (Wildman–Crippen LogP) is 4.45. The number of alkyl halides is 3. The second kappa shape index (κ2) is 8.00. The normalized spacial score (nSPS) is 18.1. The fourth-order valence-corrected chi connectivity index (χ4v) is 3.19. The molecule has 0 radical (unpaired) electrons. The van der Waals surface area contributed by atoms with Gasteiger partial charge in [0.2, 0.25) is 5.91 Å². The number of imide groups is 1. The fourth-order valence-electron chi connectivity index (χ4n) is 3.19. The molecular formula is C20H17F4NO3. The first-order valence-electron chi connectivity index (χ1n) is 8.60. The zero-order chi connectivity index (χ0) is 20.3. The van der Waals surface area contributed by atoms with E-state index in [1.807, 2.05) is 0 Å². The average Bonchev–Trinajstić information content (AvgIpc) is 3.01. The molecule has 1 fully saturated rings. The summed E-state index contributed by atoms with van der Waals surface area (Å²) in [6.07, 6.45) is -6.36. The van der Waals surface area contributed by atoms with Crippen LogP contribution in [0.5, 0.6) is 0 Å². The lowest BCUT2D eigenvalue weighted by molar-refractivity contribution is -0.160. The van der Waals surface area contributed by atoms with Crippen LogP contribution in [0.15, 0.2) is 54.6 Å². The van der Waals surface area contributed by atoms with Crippen LogP contribution < -0.4 is 0 Å². The van der Waals surface area contributed by atoms with Crippen molar-refractivity contribution in [2.75, 3.05) is 6.61 Å². The van der Waals surface area contributed by atoms with E-state index in [-0.39, 0.29) is 18.6 Å². The summed E-state index contributed by atoms with van der Waals surface area (Å²) in [6.45, 7) is -0.0767. The first-order chi connectivity index (χ1) is 13.3. The Hall–Kier alpha value is -2.90. The van der Waals surface area contributed by atoms with Crippen molar-refractivity contribution in [3.8, 4) is 0 Å². The van der Waals surface area contributed by atoms with Crippen molar-refractivity contribution in [1.82, 2.24) is 4.90 Å². The van der Waals surface area contributed by atoms with Crippen molar-refractivity contribution in [2.24, 2.45) is 0 Å². The number of ether oxygens (including phenoxy) is 1. The molecule has 0 saturated carbocycles. The van der Waals surface area contributed by atoms with E-state index in [1.54, 1.807) is 30.3 Å². The van der Waals surface area contributed by atoms with Crippen molar-refractivity contribution in [3.05, 3.63) is 71.5 Å². The lowest BCUT2D eigenvalue weighted by Crippen LogP contribution is -2.41. The summed E-state index contributed by atoms with van der Waals surface area (Å²) < 4.78 is 58.5. The Balaban J connectivity index is 1.79. The first kappa shape index (κ1) is 19.9. The number of hydrogen-bond acceptors (Lipinski definition) is 3. The molecule has 2 atom stereocenters. The molecule has 1 saturated heterocycles. The molecule has 0 bridgehead atoms. The van der Waals surface area contributed by atoms with Crippen LogP contribution in [0.1, 0.15) is 23.5 Å². The number of carbonyl (C=O) groups is 2. The standard InChI is InChI=1S/C20H17F4NO3/c21-15-8-6-14(7-9-15)17(20(22,23)24)11-18(26)25-16(12-28-19(25)27)10-13-4-2-1-3-5-13/h1-9,16-17H,10-12H2/t16-,17-/m1/s1. The van der Waals surface area contributed by atoms with Crippen LogP contribution in [0.3, 0.4) is 0 Å². The van der Waals surface area contributed by atoms with E-state index in [4.69, 9.17) is 4.74 Å². The van der Waals surface area contributed by atoms with Gasteiger partial charge >= 0.3 is 12.3 Å². The maximum absolute atomic E-state index is 13.5. The van der Waals surface area contributed by atoms with Gasteiger partial charge in [0.05, 0.1) is 12.0 Å². The molecule has 1 aliphatic heterocycles. The minimum atomic E-state index is -4.73. The van der Waals surface area contributed by atoms with Crippen molar-refractivity contribution in [1.29, 1.82) is 0 Å². The zero-order valence-corrected chi connectivity index (χ0v) is 14.7. The Bertz CT molecular complexity index is 837. The molecule has 28 heavy (non-hydrogen) atoms. The summed E-state index contributed by atoms with van der Waals surface area (Å²) in [7, 11) is 0. The highest BCUT2D eigenvalue weighted by atomic mass is 19.4. The Morgan fingerprint density at radius 3 is 2.36 bits per heavy atom. The lowest BCUT2D eigenvalue weighted by Gasteiger charge is -2.24. The van der Waals surface area contributed by atoms with Gasteiger partial charge in [0, 0.05) is 6.42 Å². The van der Waals surface area contributed by atoms with Gasteiger partial charge in [-0.25, -0.2) is 14.1 Å². The van der Waals surface area contributed by atoms with E-state index in [0.29, 0.717) is 0 Å². The zero-order valence-electron chi connectivity index (χ0n) is 14.7. The number of halogens is 4. The molecule has 0 N–H and O–H groups in total. The molecule has 0 aliphatic carbocycles. The Morgan fingerprint density at radius 1 is 1.11 bits per heavy atom. The maximum Gasteiger partial charge on any atom is 0.416 e. The van der Waals surface area contributed by atoms with E-state index in [0.717, 1.165) is 34.7 Å².